The molecular weight excluding hydrogens is 270 g/mol. The normalized spacial score (nSPS) is 9.70. The van der Waals surface area contributed by atoms with Crippen LogP contribution in [-0.4, -0.2) is 35.6 Å². The van der Waals surface area contributed by atoms with Crippen LogP contribution >= 0.6 is 12.2 Å². The third-order valence-electron chi connectivity index (χ3n) is 2.83. The first-order valence-corrected chi connectivity index (χ1v) is 7.08. The van der Waals surface area contributed by atoms with Crippen LogP contribution in [0.4, 0.5) is 5.69 Å². The summed E-state index contributed by atoms with van der Waals surface area (Å²) < 4.78 is 0. The number of carbonyl (C=O) groups is 1. The molecule has 108 valence electrons. The van der Waals surface area contributed by atoms with Gasteiger partial charge in [-0.05, 0) is 44.3 Å². The van der Waals surface area contributed by atoms with Gasteiger partial charge in [-0.3, -0.25) is 4.79 Å². The number of benzene rings is 1. The Kier molecular flexibility index (Phi) is 6.73. The Hall–Kier alpha value is -1.88. The van der Waals surface area contributed by atoms with Crippen LogP contribution in [0.25, 0.3) is 0 Å². The van der Waals surface area contributed by atoms with E-state index in [1.54, 1.807) is 11.0 Å². The number of rotatable bonds is 6. The predicted octanol–water partition coefficient (Wildman–Crippen LogP) is 2.64. The molecule has 0 aromatic heterocycles. The molecular formula is C15H21N3OS. The Morgan fingerprint density at radius 1 is 1.40 bits per heavy atom. The molecule has 1 aromatic carbocycles. The Bertz CT molecular complexity index is 484. The minimum absolute atomic E-state index is 0.0311. The highest BCUT2D eigenvalue weighted by molar-refractivity contribution is 7.80. The lowest BCUT2D eigenvalue weighted by Crippen LogP contribution is -2.31. The van der Waals surface area contributed by atoms with Crippen LogP contribution in [0.3, 0.4) is 0 Å². The third kappa shape index (κ3) is 4.66. The number of nitrogens with one attached hydrogen (secondary N) is 2. The molecule has 0 saturated heterocycles. The van der Waals surface area contributed by atoms with Gasteiger partial charge in [-0.25, -0.2) is 0 Å². The smallest absolute Gasteiger partial charge is 0.253 e. The largest absolute Gasteiger partial charge is 0.359 e. The number of anilines is 1. The zero-order valence-electron chi connectivity index (χ0n) is 12.0. The lowest BCUT2D eigenvalue weighted by molar-refractivity contribution is 0.0773. The molecule has 1 amide bonds. The van der Waals surface area contributed by atoms with Crippen molar-refractivity contribution >= 4 is 28.9 Å². The van der Waals surface area contributed by atoms with Gasteiger partial charge in [-0.2, -0.15) is 0 Å². The maximum Gasteiger partial charge on any atom is 0.253 e. The van der Waals surface area contributed by atoms with E-state index < -0.39 is 0 Å². The van der Waals surface area contributed by atoms with Gasteiger partial charge in [-0.1, -0.05) is 12.1 Å². The first-order valence-electron chi connectivity index (χ1n) is 6.67. The zero-order chi connectivity index (χ0) is 15.0. The van der Waals surface area contributed by atoms with Crippen molar-refractivity contribution in [2.75, 3.05) is 25.0 Å². The average molecular weight is 291 g/mol. The topological polar surface area (TPSA) is 44.4 Å². The quantitative estimate of drug-likeness (QED) is 0.625. The van der Waals surface area contributed by atoms with E-state index in [4.69, 9.17) is 12.2 Å². The van der Waals surface area contributed by atoms with E-state index in [0.29, 0.717) is 30.3 Å². The van der Waals surface area contributed by atoms with Crippen molar-refractivity contribution in [2.45, 2.75) is 13.8 Å². The Labute approximate surface area is 125 Å². The molecule has 0 saturated carbocycles. The van der Waals surface area contributed by atoms with Crippen LogP contribution in [0.1, 0.15) is 24.2 Å². The summed E-state index contributed by atoms with van der Waals surface area (Å²) in [7, 11) is 0. The molecule has 1 rings (SSSR count). The molecule has 2 N–H and O–H groups in total. The fourth-order valence-electron chi connectivity index (χ4n) is 1.76. The van der Waals surface area contributed by atoms with Crippen molar-refractivity contribution in [1.29, 1.82) is 0 Å². The summed E-state index contributed by atoms with van der Waals surface area (Å²) in [6.45, 7) is 9.56. The number of thiocarbonyl (C=S) groups is 1. The molecule has 20 heavy (non-hydrogen) atoms. The number of amides is 1. The minimum Gasteiger partial charge on any atom is -0.359 e. The second-order valence-electron chi connectivity index (χ2n) is 4.18. The fraction of sp³-hybridized carbons (Fsp3) is 0.333. The number of hydrogen-bond donors (Lipinski definition) is 2. The van der Waals surface area contributed by atoms with E-state index in [1.807, 2.05) is 38.1 Å². The molecule has 1 aromatic rings. The van der Waals surface area contributed by atoms with Crippen molar-refractivity contribution < 1.29 is 4.79 Å². The van der Waals surface area contributed by atoms with Crippen molar-refractivity contribution in [3.05, 3.63) is 42.5 Å². The number of hydrogen-bond acceptors (Lipinski definition) is 2. The molecule has 0 bridgehead atoms. The average Bonchev–Trinajstić information content (AvgIpc) is 2.46. The lowest BCUT2D eigenvalue weighted by atomic mass is 10.1. The SMILES string of the molecule is C=CCNC(=S)Nc1cccc(C(=O)N(CC)CC)c1. The summed E-state index contributed by atoms with van der Waals surface area (Å²) in [6, 6.07) is 7.34. The van der Waals surface area contributed by atoms with E-state index in [0.717, 1.165) is 5.69 Å². The lowest BCUT2D eigenvalue weighted by Gasteiger charge is -2.19. The van der Waals surface area contributed by atoms with Crippen molar-refractivity contribution in [1.82, 2.24) is 10.2 Å². The zero-order valence-corrected chi connectivity index (χ0v) is 12.8. The Morgan fingerprint density at radius 2 is 2.10 bits per heavy atom. The summed E-state index contributed by atoms with van der Waals surface area (Å²) in [5, 5.41) is 6.54. The second-order valence-corrected chi connectivity index (χ2v) is 4.59. The predicted molar refractivity (Wildman–Crippen MR) is 88.1 cm³/mol. The summed E-state index contributed by atoms with van der Waals surface area (Å²) in [5.41, 5.74) is 1.45. The molecule has 0 fully saturated rings. The van der Waals surface area contributed by atoms with E-state index in [2.05, 4.69) is 17.2 Å². The molecule has 0 atom stereocenters. The summed E-state index contributed by atoms with van der Waals surface area (Å²) >= 11 is 5.14. The highest BCUT2D eigenvalue weighted by Crippen LogP contribution is 2.12. The van der Waals surface area contributed by atoms with Crippen molar-refractivity contribution in [3.8, 4) is 0 Å². The van der Waals surface area contributed by atoms with Gasteiger partial charge in [0.05, 0.1) is 0 Å². The molecule has 0 aliphatic heterocycles. The van der Waals surface area contributed by atoms with E-state index in [1.165, 1.54) is 0 Å². The maximum absolute atomic E-state index is 12.3. The van der Waals surface area contributed by atoms with Crippen LogP contribution in [0, 0.1) is 0 Å². The van der Waals surface area contributed by atoms with Gasteiger partial charge in [0, 0.05) is 30.9 Å². The Morgan fingerprint density at radius 3 is 2.70 bits per heavy atom. The standard InChI is InChI=1S/C15H21N3OS/c1-4-10-16-15(20)17-13-9-7-8-12(11-13)14(19)18(5-2)6-3/h4,7-9,11H,1,5-6,10H2,2-3H3,(H2,16,17,20). The van der Waals surface area contributed by atoms with Gasteiger partial charge in [-0.15, -0.1) is 6.58 Å². The first kappa shape index (κ1) is 16.2. The molecule has 0 aliphatic rings. The number of nitrogens with zero attached hydrogens (tertiary/aromatic N) is 1. The van der Waals surface area contributed by atoms with Crippen LogP contribution in [-0.2, 0) is 0 Å². The third-order valence-corrected chi connectivity index (χ3v) is 3.07. The molecule has 4 nitrogen and oxygen atoms in total. The molecule has 0 spiro atoms. The highest BCUT2D eigenvalue weighted by Gasteiger charge is 2.12. The summed E-state index contributed by atoms with van der Waals surface area (Å²) in [4.78, 5) is 14.0. The van der Waals surface area contributed by atoms with Gasteiger partial charge in [0.1, 0.15) is 0 Å². The van der Waals surface area contributed by atoms with Gasteiger partial charge < -0.3 is 15.5 Å². The van der Waals surface area contributed by atoms with Crippen LogP contribution in [0.2, 0.25) is 0 Å². The molecule has 5 heteroatoms. The molecule has 0 heterocycles. The number of carbonyl (C=O) groups excluding carboxylic acids is 1. The minimum atomic E-state index is 0.0311. The molecule has 0 unspecified atom stereocenters. The van der Waals surface area contributed by atoms with Gasteiger partial charge in [0.25, 0.3) is 5.91 Å². The maximum atomic E-state index is 12.3. The summed E-state index contributed by atoms with van der Waals surface area (Å²) in [5.74, 6) is 0.0311. The second kappa shape index (κ2) is 8.32. The Balaban J connectivity index is 2.77. The summed E-state index contributed by atoms with van der Waals surface area (Å²) in [6.07, 6.45) is 1.73. The van der Waals surface area contributed by atoms with Crippen molar-refractivity contribution in [2.24, 2.45) is 0 Å². The first-order chi connectivity index (χ1) is 9.62. The van der Waals surface area contributed by atoms with Crippen LogP contribution < -0.4 is 10.6 Å². The molecule has 0 radical (unpaired) electrons. The van der Waals surface area contributed by atoms with Crippen LogP contribution in [0.5, 0.6) is 0 Å². The highest BCUT2D eigenvalue weighted by atomic mass is 32.1. The van der Waals surface area contributed by atoms with Gasteiger partial charge in [0.15, 0.2) is 5.11 Å². The van der Waals surface area contributed by atoms with E-state index >= 15 is 0 Å². The monoisotopic (exact) mass is 291 g/mol. The molecule has 0 aliphatic carbocycles. The van der Waals surface area contributed by atoms with Crippen LogP contribution in [0.15, 0.2) is 36.9 Å². The van der Waals surface area contributed by atoms with E-state index in [9.17, 15) is 4.79 Å². The van der Waals surface area contributed by atoms with Gasteiger partial charge in [0.2, 0.25) is 0 Å². The van der Waals surface area contributed by atoms with Crippen molar-refractivity contribution in [3.63, 3.8) is 0 Å². The van der Waals surface area contributed by atoms with E-state index in [-0.39, 0.29) is 5.91 Å². The fourth-order valence-corrected chi connectivity index (χ4v) is 1.96. The van der Waals surface area contributed by atoms with Gasteiger partial charge >= 0.3 is 0 Å².